The summed E-state index contributed by atoms with van der Waals surface area (Å²) in [5.74, 6) is 0.736. The lowest BCUT2D eigenvalue weighted by Gasteiger charge is -2.22. The van der Waals surface area contributed by atoms with Gasteiger partial charge in [-0.15, -0.1) is 0 Å². The molecule has 1 amide bonds. The molecular weight excluding hydrogens is 230 g/mol. The van der Waals surface area contributed by atoms with Gasteiger partial charge >= 0.3 is 0 Å². The zero-order chi connectivity index (χ0) is 12.4. The van der Waals surface area contributed by atoms with Crippen LogP contribution in [0.2, 0.25) is 0 Å². The van der Waals surface area contributed by atoms with Crippen LogP contribution in [0.15, 0.2) is 12.4 Å². The van der Waals surface area contributed by atoms with Crippen molar-refractivity contribution in [2.45, 2.75) is 38.1 Å². The van der Waals surface area contributed by atoms with E-state index >= 15 is 0 Å². The summed E-state index contributed by atoms with van der Waals surface area (Å²) in [6.45, 7) is 1.60. The molecule has 0 atom stereocenters. The zero-order valence-electron chi connectivity index (χ0n) is 10.5. The molecule has 5 nitrogen and oxygen atoms in total. The number of carbonyl (C=O) groups excluding carboxylic acids is 1. The smallest absolute Gasteiger partial charge is 0.224 e. The predicted molar refractivity (Wildman–Crippen MR) is 67.3 cm³/mol. The van der Waals surface area contributed by atoms with Crippen molar-refractivity contribution < 1.29 is 9.53 Å². The third kappa shape index (κ3) is 2.90. The monoisotopic (exact) mass is 249 g/mol. The lowest BCUT2D eigenvalue weighted by Crippen LogP contribution is -2.19. The minimum atomic E-state index is 0.115. The Bertz CT molecular complexity index is 420. The second-order valence-corrected chi connectivity index (χ2v) is 5.25. The van der Waals surface area contributed by atoms with Gasteiger partial charge in [0.05, 0.1) is 17.9 Å². The Kier molecular flexibility index (Phi) is 3.32. The van der Waals surface area contributed by atoms with Gasteiger partial charge in [-0.05, 0) is 31.6 Å². The maximum absolute atomic E-state index is 11.7. The largest absolute Gasteiger partial charge is 0.381 e. The van der Waals surface area contributed by atoms with E-state index in [-0.39, 0.29) is 5.91 Å². The quantitative estimate of drug-likeness (QED) is 0.887. The summed E-state index contributed by atoms with van der Waals surface area (Å²) < 4.78 is 7.29. The Balaban J connectivity index is 1.56. The van der Waals surface area contributed by atoms with Crippen LogP contribution < -0.4 is 5.32 Å². The summed E-state index contributed by atoms with van der Waals surface area (Å²) in [6, 6.07) is 0.410. The van der Waals surface area contributed by atoms with Gasteiger partial charge in [-0.1, -0.05) is 0 Å². The third-order valence-electron chi connectivity index (χ3n) is 3.62. The van der Waals surface area contributed by atoms with Crippen molar-refractivity contribution in [2.24, 2.45) is 5.92 Å². The molecule has 0 radical (unpaired) electrons. The lowest BCUT2D eigenvalue weighted by atomic mass is 10.1. The molecule has 1 aliphatic heterocycles. The number of carbonyl (C=O) groups is 1. The highest BCUT2D eigenvalue weighted by molar-refractivity contribution is 5.90. The number of hydrogen-bond donors (Lipinski definition) is 1. The summed E-state index contributed by atoms with van der Waals surface area (Å²) in [4.78, 5) is 11.7. The highest BCUT2D eigenvalue weighted by atomic mass is 16.5. The predicted octanol–water partition coefficient (Wildman–Crippen LogP) is 1.97. The molecule has 0 unspecified atom stereocenters. The van der Waals surface area contributed by atoms with Crippen molar-refractivity contribution in [1.29, 1.82) is 0 Å². The number of amides is 1. The second kappa shape index (κ2) is 5.10. The Morgan fingerprint density at radius 1 is 1.39 bits per heavy atom. The number of aromatic nitrogens is 2. The van der Waals surface area contributed by atoms with E-state index in [1.54, 1.807) is 6.20 Å². The molecule has 1 saturated heterocycles. The van der Waals surface area contributed by atoms with Gasteiger partial charge in [0.25, 0.3) is 0 Å². The van der Waals surface area contributed by atoms with Crippen LogP contribution in [-0.4, -0.2) is 28.9 Å². The molecule has 2 fully saturated rings. The van der Waals surface area contributed by atoms with E-state index in [2.05, 4.69) is 10.4 Å². The van der Waals surface area contributed by atoms with Crippen LogP contribution in [0.5, 0.6) is 0 Å². The van der Waals surface area contributed by atoms with Crippen LogP contribution in [0, 0.1) is 5.92 Å². The van der Waals surface area contributed by atoms with E-state index in [0.717, 1.165) is 31.7 Å². The van der Waals surface area contributed by atoms with Crippen molar-refractivity contribution >= 4 is 11.6 Å². The van der Waals surface area contributed by atoms with Crippen LogP contribution in [0.3, 0.4) is 0 Å². The molecule has 1 aliphatic carbocycles. The van der Waals surface area contributed by atoms with Gasteiger partial charge in [0.1, 0.15) is 0 Å². The standard InChI is InChI=1S/C13H19N3O2/c17-13(7-10-1-2-10)15-11-8-14-16(9-11)12-3-5-18-6-4-12/h8-10,12H,1-7H2,(H,15,17). The molecule has 1 aromatic rings. The maximum atomic E-state index is 11.7. The summed E-state index contributed by atoms with van der Waals surface area (Å²) in [6.07, 6.45) is 8.72. The van der Waals surface area contributed by atoms with Crippen molar-refractivity contribution in [3.8, 4) is 0 Å². The third-order valence-corrected chi connectivity index (χ3v) is 3.62. The molecule has 1 aromatic heterocycles. The van der Waals surface area contributed by atoms with Crippen molar-refractivity contribution in [2.75, 3.05) is 18.5 Å². The first kappa shape index (κ1) is 11.7. The van der Waals surface area contributed by atoms with Crippen LogP contribution in [0.25, 0.3) is 0 Å². The van der Waals surface area contributed by atoms with Crippen LogP contribution in [0.1, 0.15) is 38.1 Å². The van der Waals surface area contributed by atoms with Gasteiger partial charge in [0.15, 0.2) is 0 Å². The molecule has 0 spiro atoms. The van der Waals surface area contributed by atoms with E-state index in [1.807, 2.05) is 10.9 Å². The van der Waals surface area contributed by atoms with E-state index in [4.69, 9.17) is 4.74 Å². The van der Waals surface area contributed by atoms with Crippen LogP contribution in [-0.2, 0) is 9.53 Å². The first-order chi connectivity index (χ1) is 8.81. The SMILES string of the molecule is O=C(CC1CC1)Nc1cnn(C2CCOCC2)c1. The van der Waals surface area contributed by atoms with E-state index in [0.29, 0.717) is 18.4 Å². The number of nitrogens with one attached hydrogen (secondary N) is 1. The minimum Gasteiger partial charge on any atom is -0.381 e. The molecule has 0 aromatic carbocycles. The van der Waals surface area contributed by atoms with Gasteiger partial charge in [0, 0.05) is 25.8 Å². The number of nitrogens with zero attached hydrogens (tertiary/aromatic N) is 2. The Morgan fingerprint density at radius 3 is 2.89 bits per heavy atom. The average molecular weight is 249 g/mol. The molecule has 18 heavy (non-hydrogen) atoms. The van der Waals surface area contributed by atoms with Gasteiger partial charge < -0.3 is 10.1 Å². The van der Waals surface area contributed by atoms with E-state index in [9.17, 15) is 4.79 Å². The average Bonchev–Trinajstić information content (AvgIpc) is 3.06. The minimum absolute atomic E-state index is 0.115. The zero-order valence-corrected chi connectivity index (χ0v) is 10.5. The number of hydrogen-bond acceptors (Lipinski definition) is 3. The lowest BCUT2D eigenvalue weighted by molar-refractivity contribution is -0.116. The topological polar surface area (TPSA) is 56.2 Å². The van der Waals surface area contributed by atoms with Crippen molar-refractivity contribution in [3.05, 3.63) is 12.4 Å². The molecule has 0 bridgehead atoms. The summed E-state index contributed by atoms with van der Waals surface area (Å²) >= 11 is 0. The van der Waals surface area contributed by atoms with Crippen molar-refractivity contribution in [1.82, 2.24) is 9.78 Å². The Hall–Kier alpha value is -1.36. The van der Waals surface area contributed by atoms with Gasteiger partial charge in [-0.2, -0.15) is 5.10 Å². The van der Waals surface area contributed by atoms with Gasteiger partial charge in [0.2, 0.25) is 5.91 Å². The van der Waals surface area contributed by atoms with Crippen LogP contribution >= 0.6 is 0 Å². The Labute approximate surface area is 107 Å². The second-order valence-electron chi connectivity index (χ2n) is 5.25. The molecule has 2 aliphatic rings. The fraction of sp³-hybridized carbons (Fsp3) is 0.692. The molecular formula is C13H19N3O2. The maximum Gasteiger partial charge on any atom is 0.224 e. The Morgan fingerprint density at radius 2 is 2.17 bits per heavy atom. The molecule has 1 N–H and O–H groups in total. The van der Waals surface area contributed by atoms with E-state index < -0.39 is 0 Å². The molecule has 3 rings (SSSR count). The molecule has 5 heteroatoms. The fourth-order valence-corrected chi connectivity index (χ4v) is 2.35. The number of anilines is 1. The highest BCUT2D eigenvalue weighted by Crippen LogP contribution is 2.32. The normalized spacial score (nSPS) is 20.9. The van der Waals surface area contributed by atoms with Gasteiger partial charge in [-0.25, -0.2) is 0 Å². The summed E-state index contributed by atoms with van der Waals surface area (Å²) in [7, 11) is 0. The number of rotatable bonds is 4. The molecule has 2 heterocycles. The fourth-order valence-electron chi connectivity index (χ4n) is 2.35. The first-order valence-electron chi connectivity index (χ1n) is 6.73. The number of ether oxygens (including phenoxy) is 1. The molecule has 98 valence electrons. The summed E-state index contributed by atoms with van der Waals surface area (Å²) in [5.41, 5.74) is 0.812. The summed E-state index contributed by atoms with van der Waals surface area (Å²) in [5, 5.41) is 7.25. The van der Waals surface area contributed by atoms with Crippen LogP contribution in [0.4, 0.5) is 5.69 Å². The van der Waals surface area contributed by atoms with E-state index in [1.165, 1.54) is 12.8 Å². The highest BCUT2D eigenvalue weighted by Gasteiger charge is 2.24. The van der Waals surface area contributed by atoms with Crippen molar-refractivity contribution in [3.63, 3.8) is 0 Å². The molecule has 1 saturated carbocycles. The first-order valence-corrected chi connectivity index (χ1v) is 6.73. The van der Waals surface area contributed by atoms with Gasteiger partial charge in [-0.3, -0.25) is 9.48 Å².